The lowest BCUT2D eigenvalue weighted by atomic mass is 10.0. The smallest absolute Gasteiger partial charge is 0.407 e. The van der Waals surface area contributed by atoms with Crippen molar-refractivity contribution in [1.29, 1.82) is 0 Å². The predicted molar refractivity (Wildman–Crippen MR) is 75.9 cm³/mol. The Kier molecular flexibility index (Phi) is 3.35. The molecule has 0 saturated carbocycles. The monoisotopic (exact) mass is 306 g/mol. The van der Waals surface area contributed by atoms with Crippen LogP contribution in [0.5, 0.6) is 0 Å². The molecule has 2 amide bonds. The highest BCUT2D eigenvalue weighted by molar-refractivity contribution is 6.00. The largest absolute Gasteiger partial charge is 0.420 e. The van der Waals surface area contributed by atoms with Crippen LogP contribution in [-0.2, 0) is 9.59 Å². The zero-order valence-corrected chi connectivity index (χ0v) is 12.2. The van der Waals surface area contributed by atoms with Crippen molar-refractivity contribution in [3.8, 4) is 0 Å². The summed E-state index contributed by atoms with van der Waals surface area (Å²) < 4.78 is 20.4. The third-order valence-corrected chi connectivity index (χ3v) is 3.87. The third kappa shape index (κ3) is 2.13. The number of oxazole rings is 1. The highest BCUT2D eigenvalue weighted by atomic mass is 19.1. The molecule has 2 aromatic rings. The minimum absolute atomic E-state index is 0.147. The number of piperidine rings is 1. The first-order valence-electron chi connectivity index (χ1n) is 7.07. The molecule has 1 aromatic carbocycles. The minimum atomic E-state index is -0.822. The van der Waals surface area contributed by atoms with E-state index in [1.807, 2.05) is 0 Å². The summed E-state index contributed by atoms with van der Waals surface area (Å²) in [6.07, 6.45) is 0.362. The highest BCUT2D eigenvalue weighted by Gasteiger charge is 2.32. The number of amides is 2. The Bertz CT molecular complexity index is 834. The summed E-state index contributed by atoms with van der Waals surface area (Å²) in [7, 11) is 0. The number of nitrogens with one attached hydrogen (secondary N) is 1. The van der Waals surface area contributed by atoms with Gasteiger partial charge in [-0.15, -0.1) is 0 Å². The summed E-state index contributed by atoms with van der Waals surface area (Å²) in [5.74, 6) is -2.26. The van der Waals surface area contributed by atoms with Crippen LogP contribution in [0.15, 0.2) is 21.3 Å². The molecule has 1 atom stereocenters. The van der Waals surface area contributed by atoms with Crippen LogP contribution in [0, 0.1) is 5.82 Å². The van der Waals surface area contributed by atoms with Crippen molar-refractivity contribution in [1.82, 2.24) is 9.88 Å². The van der Waals surface area contributed by atoms with Gasteiger partial charge in [0.1, 0.15) is 11.9 Å². The van der Waals surface area contributed by atoms with Gasteiger partial charge in [0.25, 0.3) is 0 Å². The molecule has 7 heteroatoms. The van der Waals surface area contributed by atoms with Gasteiger partial charge >= 0.3 is 5.76 Å². The Hall–Kier alpha value is -2.44. The standard InChI is InChI=1S/C15H15FN2O4/c1-7(2)12-8(16)3-4-9-13(12)22-15(21)18(9)10-5-6-11(19)17-14(10)20/h3-4,7,10H,5-6H2,1-2H3,(H,17,19,20). The molecule has 0 bridgehead atoms. The van der Waals surface area contributed by atoms with E-state index in [9.17, 15) is 18.8 Å². The van der Waals surface area contributed by atoms with E-state index in [0.717, 1.165) is 0 Å². The summed E-state index contributed by atoms with van der Waals surface area (Å²) in [6, 6.07) is 1.86. The number of carbonyl (C=O) groups excluding carboxylic acids is 2. The number of rotatable bonds is 2. The van der Waals surface area contributed by atoms with E-state index in [1.54, 1.807) is 13.8 Å². The summed E-state index contributed by atoms with van der Waals surface area (Å²) in [5.41, 5.74) is 0.829. The van der Waals surface area contributed by atoms with Gasteiger partial charge in [0.05, 0.1) is 5.52 Å². The normalized spacial score (nSPS) is 19.0. The predicted octanol–water partition coefficient (Wildman–Crippen LogP) is 1.83. The maximum Gasteiger partial charge on any atom is 0.420 e. The molecule has 0 aliphatic carbocycles. The van der Waals surface area contributed by atoms with E-state index in [-0.39, 0.29) is 30.2 Å². The lowest BCUT2D eigenvalue weighted by Gasteiger charge is -2.21. The molecule has 0 radical (unpaired) electrons. The lowest BCUT2D eigenvalue weighted by molar-refractivity contribution is -0.135. The van der Waals surface area contributed by atoms with Crippen LogP contribution in [0.2, 0.25) is 0 Å². The van der Waals surface area contributed by atoms with Crippen molar-refractivity contribution in [3.63, 3.8) is 0 Å². The summed E-state index contributed by atoms with van der Waals surface area (Å²) in [6.45, 7) is 3.59. The van der Waals surface area contributed by atoms with E-state index in [4.69, 9.17) is 4.42 Å². The fourth-order valence-electron chi connectivity index (χ4n) is 2.86. The number of hydrogen-bond acceptors (Lipinski definition) is 4. The zero-order valence-electron chi connectivity index (χ0n) is 12.2. The van der Waals surface area contributed by atoms with Crippen LogP contribution in [0.4, 0.5) is 4.39 Å². The van der Waals surface area contributed by atoms with Crippen molar-refractivity contribution in [2.45, 2.75) is 38.6 Å². The Morgan fingerprint density at radius 3 is 2.68 bits per heavy atom. The maximum atomic E-state index is 14.0. The van der Waals surface area contributed by atoms with Gasteiger partial charge in [-0.05, 0) is 24.5 Å². The average molecular weight is 306 g/mol. The van der Waals surface area contributed by atoms with Gasteiger partial charge in [-0.25, -0.2) is 9.18 Å². The number of fused-ring (bicyclic) bond motifs is 1. The number of halogens is 1. The Balaban J connectivity index is 2.21. The van der Waals surface area contributed by atoms with Crippen LogP contribution in [-0.4, -0.2) is 16.4 Å². The number of carbonyl (C=O) groups is 2. The molecule has 3 rings (SSSR count). The quantitative estimate of drug-likeness (QED) is 0.858. The molecule has 1 aliphatic heterocycles. The Morgan fingerprint density at radius 1 is 1.32 bits per heavy atom. The minimum Gasteiger partial charge on any atom is -0.407 e. The van der Waals surface area contributed by atoms with Crippen molar-refractivity contribution in [2.75, 3.05) is 0 Å². The van der Waals surface area contributed by atoms with Gasteiger partial charge < -0.3 is 4.42 Å². The van der Waals surface area contributed by atoms with Crippen LogP contribution >= 0.6 is 0 Å². The SMILES string of the molecule is CC(C)c1c(F)ccc2c1oc(=O)n2C1CCC(=O)NC1=O. The molecule has 1 aliphatic rings. The van der Waals surface area contributed by atoms with E-state index >= 15 is 0 Å². The highest BCUT2D eigenvalue weighted by Crippen LogP contribution is 2.30. The summed E-state index contributed by atoms with van der Waals surface area (Å²) in [5, 5.41) is 2.20. The molecular formula is C15H15FN2O4. The van der Waals surface area contributed by atoms with E-state index in [2.05, 4.69) is 5.32 Å². The second-order valence-corrected chi connectivity index (χ2v) is 5.67. The molecule has 0 spiro atoms. The number of benzene rings is 1. The van der Waals surface area contributed by atoms with E-state index in [1.165, 1.54) is 16.7 Å². The van der Waals surface area contributed by atoms with Crippen LogP contribution in [0.1, 0.15) is 44.2 Å². The van der Waals surface area contributed by atoms with Gasteiger partial charge in [0.2, 0.25) is 11.8 Å². The van der Waals surface area contributed by atoms with Crippen molar-refractivity contribution < 1.29 is 18.4 Å². The Labute approximate surface area is 124 Å². The number of hydrogen-bond donors (Lipinski definition) is 1. The van der Waals surface area contributed by atoms with E-state index < -0.39 is 23.5 Å². The van der Waals surface area contributed by atoms with Crippen LogP contribution in [0.25, 0.3) is 11.1 Å². The van der Waals surface area contributed by atoms with E-state index in [0.29, 0.717) is 11.1 Å². The van der Waals surface area contributed by atoms with Gasteiger partial charge in [-0.1, -0.05) is 13.8 Å². The van der Waals surface area contributed by atoms with Crippen molar-refractivity contribution in [3.05, 3.63) is 34.1 Å². The summed E-state index contributed by atoms with van der Waals surface area (Å²) >= 11 is 0. The molecule has 1 aromatic heterocycles. The number of aromatic nitrogens is 1. The zero-order chi connectivity index (χ0) is 16.0. The van der Waals surface area contributed by atoms with Crippen LogP contribution < -0.4 is 11.1 Å². The molecule has 1 unspecified atom stereocenters. The molecule has 22 heavy (non-hydrogen) atoms. The van der Waals surface area contributed by atoms with Crippen LogP contribution in [0.3, 0.4) is 0 Å². The molecule has 116 valence electrons. The third-order valence-electron chi connectivity index (χ3n) is 3.87. The average Bonchev–Trinajstić information content (AvgIpc) is 2.74. The Morgan fingerprint density at radius 2 is 2.05 bits per heavy atom. The first-order chi connectivity index (χ1) is 10.4. The molecule has 1 fully saturated rings. The fourth-order valence-corrected chi connectivity index (χ4v) is 2.86. The molecule has 2 heterocycles. The first kappa shape index (κ1) is 14.5. The van der Waals surface area contributed by atoms with Crippen molar-refractivity contribution in [2.24, 2.45) is 0 Å². The van der Waals surface area contributed by atoms with Gasteiger partial charge in [-0.2, -0.15) is 0 Å². The number of imide groups is 1. The van der Waals surface area contributed by atoms with Gasteiger partial charge in [0, 0.05) is 12.0 Å². The van der Waals surface area contributed by atoms with Gasteiger partial charge in [0.15, 0.2) is 5.58 Å². The lowest BCUT2D eigenvalue weighted by Crippen LogP contribution is -2.43. The number of nitrogens with zero attached hydrogens (tertiary/aromatic N) is 1. The fraction of sp³-hybridized carbons (Fsp3) is 0.400. The first-order valence-corrected chi connectivity index (χ1v) is 7.07. The molecule has 6 nitrogen and oxygen atoms in total. The maximum absolute atomic E-state index is 14.0. The van der Waals surface area contributed by atoms with Gasteiger partial charge in [-0.3, -0.25) is 19.5 Å². The van der Waals surface area contributed by atoms with Crippen molar-refractivity contribution >= 4 is 22.9 Å². The molecule has 1 N–H and O–H groups in total. The summed E-state index contributed by atoms with van der Waals surface area (Å²) in [4.78, 5) is 35.4. The topological polar surface area (TPSA) is 81.3 Å². The second-order valence-electron chi connectivity index (χ2n) is 5.67. The second kappa shape index (κ2) is 5.08. The molecule has 1 saturated heterocycles. The molecular weight excluding hydrogens is 291 g/mol.